The highest BCUT2D eigenvalue weighted by Crippen LogP contribution is 2.20. The third-order valence-corrected chi connectivity index (χ3v) is 5.80. The molecule has 3 heterocycles. The Hall–Kier alpha value is -3.29. The van der Waals surface area contributed by atoms with E-state index in [1.807, 2.05) is 49.9 Å². The Kier molecular flexibility index (Phi) is 6.25. The third-order valence-electron chi connectivity index (χ3n) is 5.80. The van der Waals surface area contributed by atoms with Crippen LogP contribution in [0.3, 0.4) is 0 Å². The topological polar surface area (TPSA) is 88.3 Å². The summed E-state index contributed by atoms with van der Waals surface area (Å²) in [6.45, 7) is 9.07. The maximum absolute atomic E-state index is 12.6. The van der Waals surface area contributed by atoms with E-state index >= 15 is 0 Å². The largest absolute Gasteiger partial charge is 0.353 e. The highest BCUT2D eigenvalue weighted by atomic mass is 16.5. The molecule has 0 saturated carbocycles. The molecule has 1 saturated heterocycles. The Morgan fingerprint density at radius 3 is 2.52 bits per heavy atom. The van der Waals surface area contributed by atoms with Crippen LogP contribution in [0.2, 0.25) is 0 Å². The van der Waals surface area contributed by atoms with Gasteiger partial charge in [-0.25, -0.2) is 9.97 Å². The van der Waals surface area contributed by atoms with Crippen molar-refractivity contribution in [3.05, 3.63) is 53.3 Å². The lowest BCUT2D eigenvalue weighted by Gasteiger charge is -2.36. The number of anilines is 1. The van der Waals surface area contributed by atoms with E-state index in [-0.39, 0.29) is 5.91 Å². The predicted molar refractivity (Wildman–Crippen MR) is 118 cm³/mol. The molecule has 0 atom stereocenters. The average molecular weight is 421 g/mol. The highest BCUT2D eigenvalue weighted by Gasteiger charge is 2.23. The number of hydrogen-bond acceptors (Lipinski definition) is 7. The maximum atomic E-state index is 12.6. The van der Waals surface area contributed by atoms with Crippen LogP contribution < -0.4 is 4.90 Å². The summed E-state index contributed by atoms with van der Waals surface area (Å²) in [4.78, 5) is 29.9. The van der Waals surface area contributed by atoms with Crippen LogP contribution >= 0.6 is 0 Å². The van der Waals surface area contributed by atoms with Gasteiger partial charge in [-0.2, -0.15) is 4.98 Å². The molecule has 0 radical (unpaired) electrons. The van der Waals surface area contributed by atoms with E-state index in [0.717, 1.165) is 35.7 Å². The Morgan fingerprint density at radius 1 is 1.03 bits per heavy atom. The molecule has 0 unspecified atom stereocenters. The van der Waals surface area contributed by atoms with Crippen molar-refractivity contribution in [1.29, 1.82) is 0 Å². The molecule has 1 aromatic carbocycles. The molecular formula is C23H28N6O2. The van der Waals surface area contributed by atoms with Crippen molar-refractivity contribution in [2.75, 3.05) is 31.1 Å². The number of benzene rings is 1. The number of aromatic nitrogens is 4. The van der Waals surface area contributed by atoms with Crippen LogP contribution in [-0.2, 0) is 11.2 Å². The van der Waals surface area contributed by atoms with Gasteiger partial charge in [0.15, 0.2) is 0 Å². The number of aryl methyl sites for hydroxylation is 3. The van der Waals surface area contributed by atoms with Gasteiger partial charge in [0.1, 0.15) is 12.1 Å². The smallest absolute Gasteiger partial charge is 0.226 e. The van der Waals surface area contributed by atoms with Crippen LogP contribution in [0.15, 0.2) is 35.1 Å². The monoisotopic (exact) mass is 420 g/mol. The summed E-state index contributed by atoms with van der Waals surface area (Å²) in [5.41, 5.74) is 4.22. The Balaban J connectivity index is 1.24. The number of carbonyl (C=O) groups excluding carboxylic acids is 1. The summed E-state index contributed by atoms with van der Waals surface area (Å²) >= 11 is 0. The second kappa shape index (κ2) is 9.24. The van der Waals surface area contributed by atoms with Gasteiger partial charge in [-0.3, -0.25) is 4.79 Å². The first kappa shape index (κ1) is 21.0. The number of amides is 1. The lowest BCUT2D eigenvalue weighted by atomic mass is 10.1. The Bertz CT molecular complexity index is 1040. The third kappa shape index (κ3) is 4.90. The SMILES string of the molecule is Cc1ccc(-c2noc(CCCC(=O)N3CCN(c4ncnc(C)c4C)CC3)n2)cc1. The molecule has 4 rings (SSSR count). The zero-order chi connectivity index (χ0) is 21.8. The van der Waals surface area contributed by atoms with Gasteiger partial charge in [-0.05, 0) is 27.2 Å². The summed E-state index contributed by atoms with van der Waals surface area (Å²) in [6, 6.07) is 8.02. The van der Waals surface area contributed by atoms with Gasteiger partial charge in [0.25, 0.3) is 0 Å². The van der Waals surface area contributed by atoms with Gasteiger partial charge in [0, 0.05) is 55.8 Å². The molecular weight excluding hydrogens is 392 g/mol. The van der Waals surface area contributed by atoms with Crippen LogP contribution in [0.1, 0.15) is 35.6 Å². The number of piperazine rings is 1. The van der Waals surface area contributed by atoms with Crippen molar-refractivity contribution in [3.8, 4) is 11.4 Å². The Labute approximate surface area is 182 Å². The van der Waals surface area contributed by atoms with Crippen molar-refractivity contribution in [1.82, 2.24) is 25.0 Å². The Morgan fingerprint density at radius 2 is 1.77 bits per heavy atom. The molecule has 0 N–H and O–H groups in total. The standard InChI is InChI=1S/C23H28N6O2/c1-16-7-9-19(10-8-16)22-26-20(31-27-22)5-4-6-21(30)28-11-13-29(14-12-28)23-17(2)18(3)24-15-25-23/h7-10,15H,4-6,11-14H2,1-3H3. The number of nitrogens with zero attached hydrogens (tertiary/aromatic N) is 6. The molecule has 1 aliphatic rings. The molecule has 31 heavy (non-hydrogen) atoms. The second-order valence-electron chi connectivity index (χ2n) is 8.01. The minimum Gasteiger partial charge on any atom is -0.353 e. The van der Waals surface area contributed by atoms with E-state index in [1.165, 1.54) is 5.56 Å². The summed E-state index contributed by atoms with van der Waals surface area (Å²) in [5.74, 6) is 2.31. The predicted octanol–water partition coefficient (Wildman–Crippen LogP) is 3.12. The molecule has 0 bridgehead atoms. The van der Waals surface area contributed by atoms with Crippen molar-refractivity contribution < 1.29 is 9.32 Å². The van der Waals surface area contributed by atoms with Crippen LogP contribution in [0.25, 0.3) is 11.4 Å². The van der Waals surface area contributed by atoms with Gasteiger partial charge in [0.05, 0.1) is 0 Å². The van der Waals surface area contributed by atoms with Crippen LogP contribution in [0, 0.1) is 20.8 Å². The lowest BCUT2D eigenvalue weighted by Crippen LogP contribution is -2.49. The van der Waals surface area contributed by atoms with E-state index in [2.05, 4.69) is 25.0 Å². The molecule has 8 heteroatoms. The zero-order valence-corrected chi connectivity index (χ0v) is 18.3. The minimum atomic E-state index is 0.175. The quantitative estimate of drug-likeness (QED) is 0.605. The van der Waals surface area contributed by atoms with Gasteiger partial charge in [-0.15, -0.1) is 0 Å². The zero-order valence-electron chi connectivity index (χ0n) is 18.3. The normalized spacial score (nSPS) is 14.2. The van der Waals surface area contributed by atoms with Gasteiger partial charge in [-0.1, -0.05) is 35.0 Å². The van der Waals surface area contributed by atoms with Gasteiger partial charge in [0.2, 0.25) is 17.6 Å². The van der Waals surface area contributed by atoms with Crippen molar-refractivity contribution in [3.63, 3.8) is 0 Å². The van der Waals surface area contributed by atoms with Crippen molar-refractivity contribution >= 4 is 11.7 Å². The van der Waals surface area contributed by atoms with Gasteiger partial charge >= 0.3 is 0 Å². The molecule has 8 nitrogen and oxygen atoms in total. The number of rotatable bonds is 6. The maximum Gasteiger partial charge on any atom is 0.226 e. The first-order valence-corrected chi connectivity index (χ1v) is 10.7. The summed E-state index contributed by atoms with van der Waals surface area (Å²) in [7, 11) is 0. The van der Waals surface area contributed by atoms with Crippen LogP contribution in [-0.4, -0.2) is 57.1 Å². The molecule has 1 amide bonds. The van der Waals surface area contributed by atoms with Gasteiger partial charge < -0.3 is 14.3 Å². The van der Waals surface area contributed by atoms with Crippen molar-refractivity contribution in [2.45, 2.75) is 40.0 Å². The van der Waals surface area contributed by atoms with Crippen LogP contribution in [0.5, 0.6) is 0 Å². The molecule has 162 valence electrons. The molecule has 1 fully saturated rings. The molecule has 0 spiro atoms. The highest BCUT2D eigenvalue weighted by molar-refractivity contribution is 5.76. The lowest BCUT2D eigenvalue weighted by molar-refractivity contribution is -0.131. The van der Waals surface area contributed by atoms with E-state index in [0.29, 0.717) is 44.1 Å². The minimum absolute atomic E-state index is 0.175. The molecule has 2 aromatic heterocycles. The van der Waals surface area contributed by atoms with E-state index in [1.54, 1.807) is 6.33 Å². The van der Waals surface area contributed by atoms with E-state index < -0.39 is 0 Å². The average Bonchev–Trinajstić information content (AvgIpc) is 3.25. The van der Waals surface area contributed by atoms with E-state index in [4.69, 9.17) is 4.52 Å². The fraction of sp³-hybridized carbons (Fsp3) is 0.435. The van der Waals surface area contributed by atoms with Crippen LogP contribution in [0.4, 0.5) is 5.82 Å². The first-order valence-electron chi connectivity index (χ1n) is 10.7. The van der Waals surface area contributed by atoms with E-state index in [9.17, 15) is 4.79 Å². The second-order valence-corrected chi connectivity index (χ2v) is 8.01. The summed E-state index contributed by atoms with van der Waals surface area (Å²) < 4.78 is 5.36. The molecule has 3 aromatic rings. The fourth-order valence-electron chi connectivity index (χ4n) is 3.74. The summed E-state index contributed by atoms with van der Waals surface area (Å²) in [5, 5.41) is 4.06. The van der Waals surface area contributed by atoms with Crippen molar-refractivity contribution in [2.24, 2.45) is 0 Å². The number of hydrogen-bond donors (Lipinski definition) is 0. The molecule has 1 aliphatic heterocycles. The first-order chi connectivity index (χ1) is 15.0. The fourth-order valence-corrected chi connectivity index (χ4v) is 3.74. The molecule has 0 aliphatic carbocycles. The number of carbonyl (C=O) groups is 1. The summed E-state index contributed by atoms with van der Waals surface area (Å²) in [6.07, 6.45) is 3.38.